The molecule has 0 spiro atoms. The highest BCUT2D eigenvalue weighted by Gasteiger charge is 2.03. The van der Waals surface area contributed by atoms with Crippen molar-refractivity contribution in [1.82, 2.24) is 0 Å². The van der Waals surface area contributed by atoms with Crippen LogP contribution < -0.4 is 0 Å². The second-order valence-electron chi connectivity index (χ2n) is 2.72. The molecule has 0 saturated heterocycles. The minimum absolute atomic E-state index is 0.151. The van der Waals surface area contributed by atoms with Crippen LogP contribution in [0.3, 0.4) is 0 Å². The van der Waals surface area contributed by atoms with Gasteiger partial charge in [-0.05, 0) is 19.3 Å². The first-order valence-electron chi connectivity index (χ1n) is 4.20. The Balaban J connectivity index is 3.34. The Kier molecular flexibility index (Phi) is 6.84. The van der Waals surface area contributed by atoms with Crippen molar-refractivity contribution in [3.05, 3.63) is 12.2 Å². The summed E-state index contributed by atoms with van der Waals surface area (Å²) in [7, 11) is 0. The molecule has 0 aliphatic carbocycles. The lowest BCUT2D eigenvalue weighted by atomic mass is 10.1. The number of carboxylic acids is 1. The number of aliphatic carboxylic acids is 1. The fraction of sp³-hybridized carbons (Fsp3) is 0.556. The van der Waals surface area contributed by atoms with Crippen molar-refractivity contribution < 1.29 is 19.4 Å². The number of alkyl halides is 1. The third-order valence-corrected chi connectivity index (χ3v) is 1.77. The Hall–Kier alpha value is -1.03. The van der Waals surface area contributed by atoms with Gasteiger partial charge >= 0.3 is 11.9 Å². The molecule has 0 aromatic rings. The van der Waals surface area contributed by atoms with Crippen molar-refractivity contribution in [2.45, 2.75) is 19.3 Å². The Morgan fingerprint density at radius 3 is 2.50 bits per heavy atom. The molecule has 0 rings (SSSR count). The summed E-state index contributed by atoms with van der Waals surface area (Å²) in [6, 6.07) is 0. The smallest absolute Gasteiger partial charge is 0.330 e. The Morgan fingerprint density at radius 1 is 1.36 bits per heavy atom. The molecule has 1 N–H and O–H groups in total. The monoisotopic (exact) mass is 220 g/mol. The van der Waals surface area contributed by atoms with E-state index in [0.717, 1.165) is 0 Å². The molecular formula is C9H13ClO4. The van der Waals surface area contributed by atoms with Crippen LogP contribution in [0.15, 0.2) is 12.2 Å². The summed E-state index contributed by atoms with van der Waals surface area (Å²) >= 11 is 5.19. The average Bonchev–Trinajstić information content (AvgIpc) is 2.16. The minimum atomic E-state index is -0.984. The number of rotatable bonds is 7. The summed E-state index contributed by atoms with van der Waals surface area (Å²) in [4.78, 5) is 20.9. The van der Waals surface area contributed by atoms with Crippen molar-refractivity contribution in [3.8, 4) is 0 Å². The largest absolute Gasteiger partial charge is 0.478 e. The summed E-state index contributed by atoms with van der Waals surface area (Å²) in [5.74, 6) is -1.59. The van der Waals surface area contributed by atoms with E-state index >= 15 is 0 Å². The molecule has 0 fully saturated rings. The van der Waals surface area contributed by atoms with Crippen LogP contribution in [0.2, 0.25) is 0 Å². The number of carbonyl (C=O) groups excluding carboxylic acids is 1. The summed E-state index contributed by atoms with van der Waals surface area (Å²) in [5.41, 5.74) is 0.175. The predicted octanol–water partition coefficient (Wildman–Crippen LogP) is 1.58. The molecule has 0 atom stereocenters. The van der Waals surface area contributed by atoms with Gasteiger partial charge in [-0.2, -0.15) is 0 Å². The number of ether oxygens (including phenoxy) is 1. The van der Waals surface area contributed by atoms with E-state index in [1.807, 2.05) is 0 Å². The first-order valence-corrected chi connectivity index (χ1v) is 4.74. The molecule has 0 aromatic heterocycles. The first-order chi connectivity index (χ1) is 6.57. The highest BCUT2D eigenvalue weighted by atomic mass is 35.5. The lowest BCUT2D eigenvalue weighted by Gasteiger charge is -2.02. The quantitative estimate of drug-likeness (QED) is 0.306. The normalized spacial score (nSPS) is 9.50. The maximum Gasteiger partial charge on any atom is 0.330 e. The number of hydrogen-bond acceptors (Lipinski definition) is 3. The second kappa shape index (κ2) is 7.38. The first kappa shape index (κ1) is 13.0. The fourth-order valence-electron chi connectivity index (χ4n) is 0.772. The minimum Gasteiger partial charge on any atom is -0.478 e. The highest BCUT2D eigenvalue weighted by Crippen LogP contribution is 2.05. The molecule has 0 bridgehead atoms. The second-order valence-corrected chi connectivity index (χ2v) is 2.99. The summed E-state index contributed by atoms with van der Waals surface area (Å²) in [6.07, 6.45) is 1.67. The van der Waals surface area contributed by atoms with Crippen LogP contribution in [0.25, 0.3) is 0 Å². The van der Waals surface area contributed by atoms with Gasteiger partial charge in [0.2, 0.25) is 0 Å². The summed E-state index contributed by atoms with van der Waals surface area (Å²) in [6.45, 7) is 3.65. The van der Waals surface area contributed by atoms with E-state index in [-0.39, 0.29) is 18.1 Å². The number of esters is 1. The molecular weight excluding hydrogens is 208 g/mol. The molecule has 0 aliphatic rings. The van der Waals surface area contributed by atoms with Crippen molar-refractivity contribution in [3.63, 3.8) is 0 Å². The van der Waals surface area contributed by atoms with Gasteiger partial charge in [-0.3, -0.25) is 4.79 Å². The van der Waals surface area contributed by atoms with Gasteiger partial charge < -0.3 is 9.84 Å². The van der Waals surface area contributed by atoms with Crippen LogP contribution >= 0.6 is 11.6 Å². The van der Waals surface area contributed by atoms with Gasteiger partial charge in [-0.15, -0.1) is 11.6 Å². The van der Waals surface area contributed by atoms with Crippen molar-refractivity contribution in [1.29, 1.82) is 0 Å². The standard InChI is InChI=1S/C9H13ClO4/c1-7(9(12)13)4-2-3-5-14-8(11)6-10/h1-6H2,(H,12,13). The van der Waals surface area contributed by atoms with Crippen LogP contribution in [0.1, 0.15) is 19.3 Å². The van der Waals surface area contributed by atoms with Gasteiger partial charge in [0.15, 0.2) is 0 Å². The SMILES string of the molecule is C=C(CCCCOC(=O)CCl)C(=O)O. The van der Waals surface area contributed by atoms with Crippen LogP contribution in [-0.2, 0) is 14.3 Å². The lowest BCUT2D eigenvalue weighted by molar-refractivity contribution is -0.140. The number of hydrogen-bond donors (Lipinski definition) is 1. The van der Waals surface area contributed by atoms with Crippen molar-refractivity contribution >= 4 is 23.5 Å². The Morgan fingerprint density at radius 2 is 2.00 bits per heavy atom. The maximum atomic E-state index is 10.6. The lowest BCUT2D eigenvalue weighted by Crippen LogP contribution is -2.07. The molecule has 0 saturated carbocycles. The molecule has 0 aromatic carbocycles. The highest BCUT2D eigenvalue weighted by molar-refractivity contribution is 6.26. The molecule has 0 unspecified atom stereocenters. The van der Waals surface area contributed by atoms with E-state index in [4.69, 9.17) is 16.7 Å². The van der Waals surface area contributed by atoms with Crippen LogP contribution in [0, 0.1) is 0 Å². The molecule has 0 radical (unpaired) electrons. The molecule has 0 aliphatic heterocycles. The topological polar surface area (TPSA) is 63.6 Å². The molecule has 4 nitrogen and oxygen atoms in total. The zero-order valence-electron chi connectivity index (χ0n) is 7.79. The summed E-state index contributed by atoms with van der Waals surface area (Å²) in [5, 5.41) is 8.46. The average molecular weight is 221 g/mol. The summed E-state index contributed by atoms with van der Waals surface area (Å²) < 4.78 is 4.69. The fourth-order valence-corrected chi connectivity index (χ4v) is 0.849. The molecule has 0 amide bonds. The van der Waals surface area contributed by atoms with Gasteiger partial charge in [0.25, 0.3) is 0 Å². The van der Waals surface area contributed by atoms with E-state index in [1.165, 1.54) is 0 Å². The molecule has 0 heterocycles. The van der Waals surface area contributed by atoms with Crippen molar-refractivity contribution in [2.24, 2.45) is 0 Å². The van der Waals surface area contributed by atoms with Crippen LogP contribution in [0.5, 0.6) is 0 Å². The number of carboxylic acid groups (broad SMARTS) is 1. The Bertz CT molecular complexity index is 225. The van der Waals surface area contributed by atoms with Gasteiger partial charge in [-0.25, -0.2) is 4.79 Å². The zero-order valence-corrected chi connectivity index (χ0v) is 8.55. The third kappa shape index (κ3) is 6.48. The van der Waals surface area contributed by atoms with Crippen molar-refractivity contribution in [2.75, 3.05) is 12.5 Å². The Labute approximate surface area is 87.5 Å². The molecule has 14 heavy (non-hydrogen) atoms. The zero-order chi connectivity index (χ0) is 11.0. The van der Waals surface area contributed by atoms with E-state index in [2.05, 4.69) is 11.3 Å². The van der Waals surface area contributed by atoms with Crippen LogP contribution in [-0.4, -0.2) is 29.5 Å². The van der Waals surface area contributed by atoms with Gasteiger partial charge in [0.05, 0.1) is 6.61 Å². The predicted molar refractivity (Wildman–Crippen MR) is 52.3 cm³/mol. The van der Waals surface area contributed by atoms with Crippen LogP contribution in [0.4, 0.5) is 0 Å². The number of unbranched alkanes of at least 4 members (excludes halogenated alkanes) is 1. The van der Waals surface area contributed by atoms with Gasteiger partial charge in [-0.1, -0.05) is 6.58 Å². The number of halogens is 1. The van der Waals surface area contributed by atoms with E-state index < -0.39 is 11.9 Å². The van der Waals surface area contributed by atoms with E-state index in [1.54, 1.807) is 0 Å². The molecule has 80 valence electrons. The molecule has 5 heteroatoms. The van der Waals surface area contributed by atoms with E-state index in [9.17, 15) is 9.59 Å². The maximum absolute atomic E-state index is 10.6. The number of carbonyl (C=O) groups is 2. The van der Waals surface area contributed by atoms with E-state index in [0.29, 0.717) is 19.3 Å². The van der Waals surface area contributed by atoms with Gasteiger partial charge in [0.1, 0.15) is 5.88 Å². The third-order valence-electron chi connectivity index (χ3n) is 1.55. The van der Waals surface area contributed by atoms with Gasteiger partial charge in [0, 0.05) is 5.57 Å².